The van der Waals surface area contributed by atoms with E-state index in [1.807, 2.05) is 12.1 Å². The molecule has 128 valence electrons. The summed E-state index contributed by atoms with van der Waals surface area (Å²) in [5, 5.41) is 3.81. The Morgan fingerprint density at radius 2 is 1.96 bits per heavy atom. The summed E-state index contributed by atoms with van der Waals surface area (Å²) < 4.78 is 10.6. The van der Waals surface area contributed by atoms with Crippen molar-refractivity contribution in [3.63, 3.8) is 0 Å². The first-order chi connectivity index (χ1) is 12.3. The number of aromatic nitrogens is 3. The molecule has 0 N–H and O–H groups in total. The molecule has 0 aliphatic carbocycles. The molecule has 6 heteroatoms. The first kappa shape index (κ1) is 15.9. The highest BCUT2D eigenvalue weighted by atomic mass is 16.5. The highest BCUT2D eigenvalue weighted by molar-refractivity contribution is 5.63. The Kier molecular flexibility index (Phi) is 4.54. The molecule has 1 fully saturated rings. The number of morpholine rings is 1. The number of hydrogen-bond acceptors (Lipinski definition) is 6. The predicted molar refractivity (Wildman–Crippen MR) is 93.8 cm³/mol. The van der Waals surface area contributed by atoms with Crippen LogP contribution in [-0.2, 0) is 11.3 Å². The third kappa shape index (κ3) is 3.75. The van der Waals surface area contributed by atoms with Crippen molar-refractivity contribution in [1.82, 2.24) is 20.0 Å². The maximum Gasteiger partial charge on any atom is 0.259 e. The van der Waals surface area contributed by atoms with Crippen LogP contribution in [0.2, 0.25) is 0 Å². The number of hydrogen-bond donors (Lipinski definition) is 0. The van der Waals surface area contributed by atoms with E-state index < -0.39 is 0 Å². The average Bonchev–Trinajstić information content (AvgIpc) is 3.09. The van der Waals surface area contributed by atoms with Crippen LogP contribution in [0.25, 0.3) is 22.7 Å². The number of benzene rings is 1. The fourth-order valence-electron chi connectivity index (χ4n) is 2.95. The van der Waals surface area contributed by atoms with Gasteiger partial charge in [-0.05, 0) is 30.7 Å². The van der Waals surface area contributed by atoms with Gasteiger partial charge in [-0.3, -0.25) is 9.88 Å². The minimum absolute atomic E-state index is 0.498. The predicted octanol–water partition coefficient (Wildman–Crippen LogP) is 2.94. The van der Waals surface area contributed by atoms with E-state index in [9.17, 15) is 0 Å². The molecule has 0 amide bonds. The van der Waals surface area contributed by atoms with E-state index in [-0.39, 0.29) is 0 Å². The molecular formula is C19H20N4O2. The Hall–Kier alpha value is -2.57. The van der Waals surface area contributed by atoms with Gasteiger partial charge in [0.25, 0.3) is 5.89 Å². The Balaban J connectivity index is 1.52. The molecule has 25 heavy (non-hydrogen) atoms. The standard InChI is InChI=1S/C19H20N4O2/c1-14-21-19(25-22-14)17-5-6-18(20-12-17)16-4-2-3-15(11-16)13-23-7-9-24-10-8-23/h2-6,11-12H,7-10,13H2,1H3. The highest BCUT2D eigenvalue weighted by Gasteiger charge is 2.12. The lowest BCUT2D eigenvalue weighted by Crippen LogP contribution is -2.35. The van der Waals surface area contributed by atoms with Crippen LogP contribution in [0.5, 0.6) is 0 Å². The maximum atomic E-state index is 5.41. The summed E-state index contributed by atoms with van der Waals surface area (Å²) >= 11 is 0. The minimum Gasteiger partial charge on any atom is -0.379 e. The Labute approximate surface area is 146 Å². The lowest BCUT2D eigenvalue weighted by atomic mass is 10.1. The topological polar surface area (TPSA) is 64.3 Å². The first-order valence-electron chi connectivity index (χ1n) is 8.44. The van der Waals surface area contributed by atoms with E-state index in [2.05, 4.69) is 44.3 Å². The van der Waals surface area contributed by atoms with Gasteiger partial charge < -0.3 is 9.26 Å². The summed E-state index contributed by atoms with van der Waals surface area (Å²) in [6.45, 7) is 6.35. The molecule has 1 aromatic carbocycles. The Morgan fingerprint density at radius 3 is 2.68 bits per heavy atom. The summed E-state index contributed by atoms with van der Waals surface area (Å²) in [6, 6.07) is 12.5. The molecule has 3 heterocycles. The van der Waals surface area contributed by atoms with Crippen LogP contribution in [0, 0.1) is 6.92 Å². The summed E-state index contributed by atoms with van der Waals surface area (Å²) in [5.74, 6) is 1.12. The molecule has 1 aliphatic rings. The van der Waals surface area contributed by atoms with Crippen molar-refractivity contribution < 1.29 is 9.26 Å². The number of ether oxygens (including phenoxy) is 1. The summed E-state index contributed by atoms with van der Waals surface area (Å²) in [7, 11) is 0. The van der Waals surface area contributed by atoms with E-state index in [0.29, 0.717) is 11.7 Å². The summed E-state index contributed by atoms with van der Waals surface area (Å²) in [5.41, 5.74) is 4.16. The Bertz CT molecular complexity index is 839. The molecule has 2 aromatic heterocycles. The third-order valence-electron chi connectivity index (χ3n) is 4.27. The van der Waals surface area contributed by atoms with Gasteiger partial charge in [0.1, 0.15) is 0 Å². The van der Waals surface area contributed by atoms with Crippen LogP contribution >= 0.6 is 0 Å². The van der Waals surface area contributed by atoms with Gasteiger partial charge >= 0.3 is 0 Å². The fraction of sp³-hybridized carbons (Fsp3) is 0.316. The van der Waals surface area contributed by atoms with Crippen LogP contribution in [0.3, 0.4) is 0 Å². The lowest BCUT2D eigenvalue weighted by molar-refractivity contribution is 0.0342. The van der Waals surface area contributed by atoms with Crippen molar-refractivity contribution in [3.8, 4) is 22.7 Å². The first-order valence-corrected chi connectivity index (χ1v) is 8.44. The average molecular weight is 336 g/mol. The van der Waals surface area contributed by atoms with Gasteiger partial charge in [0, 0.05) is 31.4 Å². The van der Waals surface area contributed by atoms with E-state index in [1.165, 1.54) is 5.56 Å². The van der Waals surface area contributed by atoms with Crippen molar-refractivity contribution in [1.29, 1.82) is 0 Å². The molecular weight excluding hydrogens is 316 g/mol. The molecule has 0 saturated carbocycles. The second-order valence-corrected chi connectivity index (χ2v) is 6.17. The molecule has 6 nitrogen and oxygen atoms in total. The minimum atomic E-state index is 0.498. The van der Waals surface area contributed by atoms with Crippen molar-refractivity contribution in [2.45, 2.75) is 13.5 Å². The summed E-state index contributed by atoms with van der Waals surface area (Å²) in [4.78, 5) is 11.2. The molecule has 0 spiro atoms. The zero-order valence-corrected chi connectivity index (χ0v) is 14.2. The van der Waals surface area contributed by atoms with Gasteiger partial charge in [-0.1, -0.05) is 23.4 Å². The Morgan fingerprint density at radius 1 is 1.08 bits per heavy atom. The van der Waals surface area contributed by atoms with Crippen LogP contribution < -0.4 is 0 Å². The molecule has 4 rings (SSSR count). The van der Waals surface area contributed by atoms with Gasteiger partial charge in [-0.2, -0.15) is 4.98 Å². The number of nitrogens with zero attached hydrogens (tertiary/aromatic N) is 4. The smallest absolute Gasteiger partial charge is 0.259 e. The maximum absolute atomic E-state index is 5.41. The van der Waals surface area contributed by atoms with Crippen LogP contribution in [0.1, 0.15) is 11.4 Å². The molecule has 1 saturated heterocycles. The van der Waals surface area contributed by atoms with E-state index in [4.69, 9.17) is 9.26 Å². The molecule has 0 unspecified atom stereocenters. The van der Waals surface area contributed by atoms with E-state index >= 15 is 0 Å². The zero-order chi connectivity index (χ0) is 17.1. The molecule has 0 bridgehead atoms. The van der Waals surface area contributed by atoms with Crippen molar-refractivity contribution in [3.05, 3.63) is 54.0 Å². The van der Waals surface area contributed by atoms with Crippen LogP contribution in [-0.4, -0.2) is 46.3 Å². The molecule has 0 atom stereocenters. The van der Waals surface area contributed by atoms with Crippen molar-refractivity contribution >= 4 is 0 Å². The van der Waals surface area contributed by atoms with Gasteiger partial charge in [0.15, 0.2) is 5.82 Å². The summed E-state index contributed by atoms with van der Waals surface area (Å²) in [6.07, 6.45) is 1.77. The number of rotatable bonds is 4. The molecule has 1 aliphatic heterocycles. The highest BCUT2D eigenvalue weighted by Crippen LogP contribution is 2.22. The zero-order valence-electron chi connectivity index (χ0n) is 14.2. The second kappa shape index (κ2) is 7.13. The van der Waals surface area contributed by atoms with Crippen molar-refractivity contribution in [2.24, 2.45) is 0 Å². The van der Waals surface area contributed by atoms with E-state index in [0.717, 1.165) is 49.7 Å². The second-order valence-electron chi connectivity index (χ2n) is 6.17. The van der Waals surface area contributed by atoms with Gasteiger partial charge in [0.05, 0.1) is 24.5 Å². The SMILES string of the molecule is Cc1noc(-c2ccc(-c3cccc(CN4CCOCC4)c3)nc2)n1. The third-order valence-corrected chi connectivity index (χ3v) is 4.27. The lowest BCUT2D eigenvalue weighted by Gasteiger charge is -2.26. The molecule has 3 aromatic rings. The van der Waals surface area contributed by atoms with Crippen molar-refractivity contribution in [2.75, 3.05) is 26.3 Å². The van der Waals surface area contributed by atoms with Crippen LogP contribution in [0.15, 0.2) is 47.1 Å². The van der Waals surface area contributed by atoms with Gasteiger partial charge in [0.2, 0.25) is 0 Å². The number of pyridine rings is 1. The quantitative estimate of drug-likeness (QED) is 0.730. The van der Waals surface area contributed by atoms with Gasteiger partial charge in [-0.25, -0.2) is 0 Å². The fourth-order valence-corrected chi connectivity index (χ4v) is 2.95. The van der Waals surface area contributed by atoms with Crippen LogP contribution in [0.4, 0.5) is 0 Å². The number of aryl methyl sites for hydroxylation is 1. The van der Waals surface area contributed by atoms with E-state index in [1.54, 1.807) is 13.1 Å². The monoisotopic (exact) mass is 336 g/mol. The van der Waals surface area contributed by atoms with Gasteiger partial charge in [-0.15, -0.1) is 0 Å². The largest absolute Gasteiger partial charge is 0.379 e. The normalized spacial score (nSPS) is 15.4. The molecule has 0 radical (unpaired) electrons.